The van der Waals surface area contributed by atoms with E-state index in [1.54, 1.807) is 32.3 Å². The molecule has 0 fully saturated rings. The molecule has 6 heteroatoms. The number of fused-ring (bicyclic) bond motifs is 1. The minimum atomic E-state index is -0.929. The van der Waals surface area contributed by atoms with E-state index < -0.39 is 5.60 Å². The average molecular weight is 313 g/mol. The summed E-state index contributed by atoms with van der Waals surface area (Å²) in [4.78, 5) is 18.6. The topological polar surface area (TPSA) is 99.0 Å². The van der Waals surface area contributed by atoms with Crippen molar-refractivity contribution in [1.29, 1.82) is 5.26 Å². The average Bonchev–Trinajstić information content (AvgIpc) is 2.87. The Bertz CT molecular complexity index is 791. The van der Waals surface area contributed by atoms with Gasteiger partial charge < -0.3 is 14.8 Å². The van der Waals surface area contributed by atoms with Gasteiger partial charge in [-0.05, 0) is 38.8 Å². The molecule has 2 heterocycles. The third kappa shape index (κ3) is 4.41. The zero-order valence-corrected chi connectivity index (χ0v) is 13.4. The van der Waals surface area contributed by atoms with Gasteiger partial charge in [0.15, 0.2) is 5.78 Å². The molecule has 2 aromatic rings. The molecule has 2 rings (SSSR count). The van der Waals surface area contributed by atoms with Gasteiger partial charge in [0.05, 0.1) is 17.4 Å². The fourth-order valence-corrected chi connectivity index (χ4v) is 2.03. The lowest BCUT2D eigenvalue weighted by Crippen LogP contribution is -2.27. The molecule has 0 saturated heterocycles. The van der Waals surface area contributed by atoms with E-state index in [2.05, 4.69) is 9.97 Å². The highest BCUT2D eigenvalue weighted by Gasteiger charge is 2.14. The van der Waals surface area contributed by atoms with Crippen LogP contribution in [0.3, 0.4) is 0 Å². The number of Topliss-reactive ketones (excluding diaryl/α,β-unsaturated/α-hetero) is 1. The Morgan fingerprint density at radius 3 is 2.91 bits per heavy atom. The van der Waals surface area contributed by atoms with Crippen molar-refractivity contribution in [3.8, 4) is 11.8 Å². The molecule has 0 spiro atoms. The number of H-pyrrole nitrogens is 1. The smallest absolute Gasteiger partial charge is 0.169 e. The normalized spacial score (nSPS) is 12.2. The monoisotopic (exact) mass is 313 g/mol. The van der Waals surface area contributed by atoms with Gasteiger partial charge in [0, 0.05) is 11.6 Å². The maximum atomic E-state index is 11.3. The summed E-state index contributed by atoms with van der Waals surface area (Å²) in [5.41, 5.74) is 0.823. The van der Waals surface area contributed by atoms with Crippen molar-refractivity contribution < 1.29 is 14.6 Å². The number of aromatic nitrogens is 2. The van der Waals surface area contributed by atoms with Crippen LogP contribution in [0.1, 0.15) is 26.3 Å². The first-order chi connectivity index (χ1) is 10.8. The van der Waals surface area contributed by atoms with Gasteiger partial charge >= 0.3 is 0 Å². The van der Waals surface area contributed by atoms with Crippen molar-refractivity contribution in [3.63, 3.8) is 0 Å². The van der Waals surface area contributed by atoms with Crippen LogP contribution in [0, 0.1) is 11.3 Å². The molecule has 120 valence electrons. The highest BCUT2D eigenvalue weighted by Crippen LogP contribution is 2.23. The molecular formula is C17H19N3O3. The van der Waals surface area contributed by atoms with Crippen LogP contribution >= 0.6 is 0 Å². The lowest BCUT2D eigenvalue weighted by atomic mass is 10.1. The van der Waals surface area contributed by atoms with Crippen LogP contribution in [0.25, 0.3) is 11.0 Å². The van der Waals surface area contributed by atoms with Crippen molar-refractivity contribution in [1.82, 2.24) is 9.97 Å². The molecule has 0 aromatic carbocycles. The fraction of sp³-hybridized carbons (Fsp3) is 0.353. The first-order valence-corrected chi connectivity index (χ1v) is 7.22. The molecule has 0 aliphatic carbocycles. The maximum absolute atomic E-state index is 11.3. The number of rotatable bonds is 6. The maximum Gasteiger partial charge on any atom is 0.169 e. The Labute approximate surface area is 134 Å². The summed E-state index contributed by atoms with van der Waals surface area (Å²) in [6.45, 7) is 4.85. The van der Waals surface area contributed by atoms with Gasteiger partial charge in [-0.2, -0.15) is 5.26 Å². The highest BCUT2D eigenvalue weighted by atomic mass is 16.5. The number of hydrogen-bond donors (Lipinski definition) is 2. The van der Waals surface area contributed by atoms with Gasteiger partial charge in [-0.25, -0.2) is 4.98 Å². The largest absolute Gasteiger partial charge is 0.489 e. The Balaban J connectivity index is 2.25. The Morgan fingerprint density at radius 1 is 1.57 bits per heavy atom. The molecule has 0 radical (unpaired) electrons. The van der Waals surface area contributed by atoms with E-state index in [4.69, 9.17) is 10.00 Å². The van der Waals surface area contributed by atoms with Crippen LogP contribution in [0.15, 0.2) is 30.1 Å². The third-order valence-corrected chi connectivity index (χ3v) is 3.21. The zero-order chi connectivity index (χ0) is 17.0. The molecule has 0 aliphatic heterocycles. The molecule has 2 N–H and O–H groups in total. The lowest BCUT2D eigenvalue weighted by Gasteiger charge is -2.17. The molecule has 23 heavy (non-hydrogen) atoms. The Morgan fingerprint density at radius 2 is 2.30 bits per heavy atom. The number of allylic oxidation sites excluding steroid dienone is 2. The molecule has 0 bridgehead atoms. The predicted octanol–water partition coefficient (Wildman–Crippen LogP) is 2.29. The quantitative estimate of drug-likeness (QED) is 0.629. The second-order valence-electron chi connectivity index (χ2n) is 5.97. The van der Waals surface area contributed by atoms with Crippen molar-refractivity contribution in [2.24, 2.45) is 0 Å². The number of carbonyl (C=O) groups excluding carboxylic acids is 1. The number of ether oxygens (including phenoxy) is 1. The molecule has 0 aliphatic rings. The number of carbonyl (C=O) groups is 1. The van der Waals surface area contributed by atoms with E-state index in [1.807, 2.05) is 12.1 Å². The Kier molecular flexibility index (Phi) is 4.82. The van der Waals surface area contributed by atoms with Gasteiger partial charge in [-0.1, -0.05) is 6.08 Å². The number of aliphatic hydroxyl groups is 1. The summed E-state index contributed by atoms with van der Waals surface area (Å²) in [5, 5.41) is 19.5. The van der Waals surface area contributed by atoms with Gasteiger partial charge in [-0.15, -0.1) is 0 Å². The van der Waals surface area contributed by atoms with Gasteiger partial charge in [0.2, 0.25) is 0 Å². The zero-order valence-electron chi connectivity index (χ0n) is 13.4. The molecule has 2 aromatic heterocycles. The van der Waals surface area contributed by atoms with E-state index in [9.17, 15) is 9.90 Å². The summed E-state index contributed by atoms with van der Waals surface area (Å²) < 4.78 is 5.54. The number of pyridine rings is 1. The standard InChI is InChI=1S/C17H19N3O3/c1-11(21)12(7-18)4-5-13-8-19-16-15(13)6-14(9-20-16)23-10-17(2,3)22/h4,6,8-9,22H,5,10H2,1-3H3,(H,19,20). The number of hydrogen-bond acceptors (Lipinski definition) is 5. The van der Waals surface area contributed by atoms with Crippen LogP contribution in [0.4, 0.5) is 0 Å². The second kappa shape index (κ2) is 6.63. The minimum absolute atomic E-state index is 0.141. The number of nitriles is 1. The highest BCUT2D eigenvalue weighted by molar-refractivity contribution is 5.97. The van der Waals surface area contributed by atoms with Crippen LogP contribution in [-0.4, -0.2) is 33.1 Å². The minimum Gasteiger partial charge on any atom is -0.489 e. The molecule has 0 saturated carbocycles. The van der Waals surface area contributed by atoms with E-state index >= 15 is 0 Å². The third-order valence-electron chi connectivity index (χ3n) is 3.21. The molecule has 0 unspecified atom stereocenters. The summed E-state index contributed by atoms with van der Waals surface area (Å²) >= 11 is 0. The number of ketones is 1. The van der Waals surface area contributed by atoms with E-state index in [0.717, 1.165) is 10.9 Å². The first kappa shape index (κ1) is 16.7. The van der Waals surface area contributed by atoms with Crippen LogP contribution in [0.2, 0.25) is 0 Å². The molecular weight excluding hydrogens is 294 g/mol. The molecule has 0 atom stereocenters. The summed E-state index contributed by atoms with van der Waals surface area (Å²) in [6.07, 6.45) is 5.43. The predicted molar refractivity (Wildman–Crippen MR) is 86.0 cm³/mol. The number of nitrogens with one attached hydrogen (secondary N) is 1. The van der Waals surface area contributed by atoms with Crippen molar-refractivity contribution in [3.05, 3.63) is 35.7 Å². The molecule has 0 amide bonds. The van der Waals surface area contributed by atoms with Gasteiger partial charge in [0.1, 0.15) is 24.1 Å². The van der Waals surface area contributed by atoms with Crippen LogP contribution in [-0.2, 0) is 11.2 Å². The van der Waals surface area contributed by atoms with E-state index in [1.165, 1.54) is 6.92 Å². The van der Waals surface area contributed by atoms with Crippen LogP contribution in [0.5, 0.6) is 5.75 Å². The van der Waals surface area contributed by atoms with Crippen LogP contribution < -0.4 is 4.74 Å². The SMILES string of the molecule is CC(=O)C(C#N)=CCc1c[nH]c2ncc(OCC(C)(C)O)cc12. The van der Waals surface area contributed by atoms with E-state index in [0.29, 0.717) is 17.8 Å². The van der Waals surface area contributed by atoms with Crippen molar-refractivity contribution >= 4 is 16.8 Å². The summed E-state index contributed by atoms with van der Waals surface area (Å²) in [6, 6.07) is 3.72. The van der Waals surface area contributed by atoms with Gasteiger partial charge in [-0.3, -0.25) is 4.79 Å². The van der Waals surface area contributed by atoms with Crippen molar-refractivity contribution in [2.75, 3.05) is 6.61 Å². The molecule has 6 nitrogen and oxygen atoms in total. The summed E-state index contributed by atoms with van der Waals surface area (Å²) in [7, 11) is 0. The second-order valence-corrected chi connectivity index (χ2v) is 5.97. The van der Waals surface area contributed by atoms with Gasteiger partial charge in [0.25, 0.3) is 0 Å². The fourth-order valence-electron chi connectivity index (χ4n) is 2.03. The summed E-state index contributed by atoms with van der Waals surface area (Å²) in [5.74, 6) is 0.302. The Hall–Kier alpha value is -2.65. The number of aromatic amines is 1. The first-order valence-electron chi connectivity index (χ1n) is 7.22. The van der Waals surface area contributed by atoms with Crippen molar-refractivity contribution in [2.45, 2.75) is 32.8 Å². The lowest BCUT2D eigenvalue weighted by molar-refractivity contribution is -0.113. The number of nitrogens with zero attached hydrogens (tertiary/aromatic N) is 2. The van der Waals surface area contributed by atoms with E-state index in [-0.39, 0.29) is 18.0 Å².